The fourth-order valence-electron chi connectivity index (χ4n) is 1.52. The van der Waals surface area contributed by atoms with Gasteiger partial charge >= 0.3 is 5.97 Å². The second kappa shape index (κ2) is 4.03. The normalized spacial score (nSPS) is 16.9. The van der Waals surface area contributed by atoms with Crippen LogP contribution in [0, 0.1) is 18.7 Å². The monoisotopic (exact) mass is 225 g/mol. The molecule has 0 aliphatic heterocycles. The molecule has 1 unspecified atom stereocenters. The largest absolute Gasteiger partial charge is 0.480 e. The van der Waals surface area contributed by atoms with Crippen LogP contribution >= 0.6 is 0 Å². The van der Waals surface area contributed by atoms with Crippen molar-refractivity contribution in [1.29, 1.82) is 0 Å². The molecule has 6 heteroatoms. The van der Waals surface area contributed by atoms with E-state index >= 15 is 0 Å². The quantitative estimate of drug-likeness (QED) is 0.805. The van der Waals surface area contributed by atoms with E-state index in [0.717, 1.165) is 12.8 Å². The van der Waals surface area contributed by atoms with Crippen molar-refractivity contribution in [2.24, 2.45) is 5.92 Å². The highest BCUT2D eigenvalue weighted by Gasteiger charge is 2.36. The highest BCUT2D eigenvalue weighted by atomic mass is 19.1. The minimum atomic E-state index is -0.974. The van der Waals surface area contributed by atoms with Gasteiger partial charge in [0, 0.05) is 0 Å². The van der Waals surface area contributed by atoms with E-state index in [1.54, 1.807) is 0 Å². The Morgan fingerprint density at radius 2 is 2.31 bits per heavy atom. The molecule has 2 rings (SSSR count). The lowest BCUT2D eigenvalue weighted by Gasteiger charge is -2.14. The molecule has 5 nitrogen and oxygen atoms in total. The Morgan fingerprint density at radius 3 is 2.88 bits per heavy atom. The number of carboxylic acid groups (broad SMARTS) is 1. The molecule has 86 valence electrons. The number of hydrogen-bond donors (Lipinski definition) is 2. The number of anilines is 1. The molecule has 1 heterocycles. The van der Waals surface area contributed by atoms with E-state index in [1.807, 2.05) is 0 Å². The molecule has 2 N–H and O–H groups in total. The smallest absolute Gasteiger partial charge is 0.326 e. The maximum absolute atomic E-state index is 13.5. The van der Waals surface area contributed by atoms with Crippen molar-refractivity contribution in [3.05, 3.63) is 17.8 Å². The molecule has 0 amide bonds. The van der Waals surface area contributed by atoms with Gasteiger partial charge in [0.1, 0.15) is 12.4 Å². The summed E-state index contributed by atoms with van der Waals surface area (Å²) in [5.74, 6) is -1.52. The lowest BCUT2D eigenvalue weighted by molar-refractivity contribution is -0.138. The minimum absolute atomic E-state index is 0.0354. The Balaban J connectivity index is 2.18. The van der Waals surface area contributed by atoms with Crippen LogP contribution in [-0.4, -0.2) is 27.1 Å². The Bertz CT molecular complexity index is 421. The summed E-state index contributed by atoms with van der Waals surface area (Å²) >= 11 is 0. The van der Waals surface area contributed by atoms with Crippen molar-refractivity contribution in [2.45, 2.75) is 25.8 Å². The topological polar surface area (TPSA) is 75.1 Å². The minimum Gasteiger partial charge on any atom is -0.480 e. The summed E-state index contributed by atoms with van der Waals surface area (Å²) in [5, 5.41) is 11.6. The fourth-order valence-corrected chi connectivity index (χ4v) is 1.52. The van der Waals surface area contributed by atoms with Gasteiger partial charge in [0.2, 0.25) is 0 Å². The van der Waals surface area contributed by atoms with Crippen LogP contribution in [0.15, 0.2) is 6.33 Å². The SMILES string of the molecule is Cc1ncnc(NC(C(=O)O)C2CC2)c1F. The molecule has 1 aromatic heterocycles. The second-order valence-corrected chi connectivity index (χ2v) is 3.92. The van der Waals surface area contributed by atoms with E-state index in [4.69, 9.17) is 5.11 Å². The van der Waals surface area contributed by atoms with E-state index in [9.17, 15) is 9.18 Å². The highest BCUT2D eigenvalue weighted by molar-refractivity contribution is 5.77. The zero-order chi connectivity index (χ0) is 11.7. The van der Waals surface area contributed by atoms with Crippen LogP contribution in [0.3, 0.4) is 0 Å². The molecule has 0 radical (unpaired) electrons. The molecule has 0 spiro atoms. The Kier molecular flexibility index (Phi) is 2.72. The highest BCUT2D eigenvalue weighted by Crippen LogP contribution is 2.34. The zero-order valence-electron chi connectivity index (χ0n) is 8.77. The Labute approximate surface area is 91.7 Å². The van der Waals surface area contributed by atoms with Crippen LogP contribution < -0.4 is 5.32 Å². The van der Waals surface area contributed by atoms with E-state index in [0.29, 0.717) is 0 Å². The van der Waals surface area contributed by atoms with Crippen molar-refractivity contribution in [2.75, 3.05) is 5.32 Å². The lowest BCUT2D eigenvalue weighted by Crippen LogP contribution is -2.32. The molecular formula is C10H12FN3O2. The standard InChI is InChI=1S/C10H12FN3O2/c1-5-7(11)9(13-4-12-5)14-8(10(15)16)6-2-3-6/h4,6,8H,2-3H2,1H3,(H,15,16)(H,12,13,14). The Morgan fingerprint density at radius 1 is 1.62 bits per heavy atom. The third kappa shape index (κ3) is 2.10. The number of aliphatic carboxylic acids is 1. The van der Waals surface area contributed by atoms with Crippen molar-refractivity contribution in [3.63, 3.8) is 0 Å². The first-order valence-electron chi connectivity index (χ1n) is 5.06. The van der Waals surface area contributed by atoms with Crippen LogP contribution in [0.25, 0.3) is 0 Å². The summed E-state index contributed by atoms with van der Waals surface area (Å²) < 4.78 is 13.5. The third-order valence-corrected chi connectivity index (χ3v) is 2.62. The molecule has 0 aromatic carbocycles. The predicted octanol–water partition coefficient (Wildman–Crippen LogP) is 1.20. The maximum atomic E-state index is 13.5. The van der Waals surface area contributed by atoms with Gasteiger partial charge in [-0.05, 0) is 25.7 Å². The third-order valence-electron chi connectivity index (χ3n) is 2.62. The van der Waals surface area contributed by atoms with Gasteiger partial charge in [0.05, 0.1) is 5.69 Å². The summed E-state index contributed by atoms with van der Waals surface area (Å²) in [6.07, 6.45) is 2.93. The number of nitrogens with one attached hydrogen (secondary N) is 1. The molecule has 1 atom stereocenters. The number of nitrogens with zero attached hydrogens (tertiary/aromatic N) is 2. The zero-order valence-corrected chi connectivity index (χ0v) is 8.77. The van der Waals surface area contributed by atoms with Gasteiger partial charge in [-0.1, -0.05) is 0 Å². The van der Waals surface area contributed by atoms with Crippen LogP contribution in [0.2, 0.25) is 0 Å². The first kappa shape index (κ1) is 10.8. The number of carboxylic acids is 1. The molecule has 1 saturated carbocycles. The number of hydrogen-bond acceptors (Lipinski definition) is 4. The van der Waals surface area contributed by atoms with Crippen LogP contribution in [-0.2, 0) is 4.79 Å². The summed E-state index contributed by atoms with van der Waals surface area (Å²) in [5.41, 5.74) is 0.206. The lowest BCUT2D eigenvalue weighted by atomic mass is 10.2. The number of halogens is 1. The average molecular weight is 225 g/mol. The fraction of sp³-hybridized carbons (Fsp3) is 0.500. The summed E-state index contributed by atoms with van der Waals surface area (Å²) in [6, 6.07) is -0.760. The number of aryl methyl sites for hydroxylation is 1. The molecule has 1 fully saturated rings. The molecule has 16 heavy (non-hydrogen) atoms. The first-order valence-corrected chi connectivity index (χ1v) is 5.06. The van der Waals surface area contributed by atoms with Gasteiger partial charge in [0.25, 0.3) is 0 Å². The van der Waals surface area contributed by atoms with Crippen LogP contribution in [0.5, 0.6) is 0 Å². The van der Waals surface area contributed by atoms with E-state index in [-0.39, 0.29) is 17.4 Å². The van der Waals surface area contributed by atoms with E-state index in [1.165, 1.54) is 13.3 Å². The van der Waals surface area contributed by atoms with Gasteiger partial charge in [-0.15, -0.1) is 0 Å². The summed E-state index contributed by atoms with van der Waals surface area (Å²) in [4.78, 5) is 18.3. The number of carbonyl (C=O) groups is 1. The average Bonchev–Trinajstić information content (AvgIpc) is 3.03. The molecule has 1 aliphatic rings. The first-order chi connectivity index (χ1) is 7.59. The molecular weight excluding hydrogens is 213 g/mol. The van der Waals surface area contributed by atoms with Gasteiger partial charge < -0.3 is 10.4 Å². The van der Waals surface area contributed by atoms with Crippen LogP contribution in [0.1, 0.15) is 18.5 Å². The Hall–Kier alpha value is -1.72. The maximum Gasteiger partial charge on any atom is 0.326 e. The van der Waals surface area contributed by atoms with Crippen molar-refractivity contribution in [3.8, 4) is 0 Å². The number of aromatic nitrogens is 2. The van der Waals surface area contributed by atoms with E-state index in [2.05, 4.69) is 15.3 Å². The summed E-state index contributed by atoms with van der Waals surface area (Å²) in [6.45, 7) is 1.51. The van der Waals surface area contributed by atoms with Gasteiger partial charge in [-0.25, -0.2) is 19.2 Å². The number of rotatable bonds is 4. The van der Waals surface area contributed by atoms with Crippen LogP contribution in [0.4, 0.5) is 10.2 Å². The van der Waals surface area contributed by atoms with Crippen molar-refractivity contribution < 1.29 is 14.3 Å². The van der Waals surface area contributed by atoms with Gasteiger partial charge in [-0.2, -0.15) is 0 Å². The van der Waals surface area contributed by atoms with Crippen molar-refractivity contribution >= 4 is 11.8 Å². The molecule has 1 aromatic rings. The van der Waals surface area contributed by atoms with Crippen molar-refractivity contribution in [1.82, 2.24) is 9.97 Å². The second-order valence-electron chi connectivity index (χ2n) is 3.92. The summed E-state index contributed by atoms with van der Waals surface area (Å²) in [7, 11) is 0. The molecule has 0 bridgehead atoms. The van der Waals surface area contributed by atoms with Gasteiger partial charge in [-0.3, -0.25) is 0 Å². The molecule has 0 saturated heterocycles. The van der Waals surface area contributed by atoms with Gasteiger partial charge in [0.15, 0.2) is 11.6 Å². The predicted molar refractivity (Wildman–Crippen MR) is 54.5 cm³/mol. The molecule has 1 aliphatic carbocycles. The van der Waals surface area contributed by atoms with E-state index < -0.39 is 17.8 Å².